The molecule has 0 amide bonds. The second-order valence-electron chi connectivity index (χ2n) is 9.45. The van der Waals surface area contributed by atoms with Crippen LogP contribution in [0.15, 0.2) is 126 Å². The van der Waals surface area contributed by atoms with E-state index in [1.807, 2.05) is 97.9 Å². The summed E-state index contributed by atoms with van der Waals surface area (Å²) < 4.78 is 8.29. The number of hydrogen-bond acceptors (Lipinski definition) is 5. The van der Waals surface area contributed by atoms with Crippen molar-refractivity contribution in [1.82, 2.24) is 24.5 Å². The van der Waals surface area contributed by atoms with Gasteiger partial charge in [0.05, 0.1) is 16.9 Å². The molecular weight excluding hydrogens is 699 g/mol. The van der Waals surface area contributed by atoms with E-state index in [1.165, 1.54) is 0 Å². The number of rotatable bonds is 3. The normalized spacial score (nSPS) is 10.8. The molecule has 8 aromatic rings. The van der Waals surface area contributed by atoms with Gasteiger partial charge >= 0.3 is 0 Å². The molecular formula is C35H23IrN5O-2. The molecule has 0 aliphatic rings. The van der Waals surface area contributed by atoms with Gasteiger partial charge in [-0.3, -0.25) is 4.98 Å². The topological polar surface area (TPSA) is 69.6 Å². The summed E-state index contributed by atoms with van der Waals surface area (Å²) in [5, 5.41) is 1.99. The molecule has 0 aliphatic carbocycles. The van der Waals surface area contributed by atoms with Gasteiger partial charge in [0.2, 0.25) is 5.71 Å². The average Bonchev–Trinajstić information content (AvgIpc) is 3.61. The number of para-hydroxylation sites is 1. The summed E-state index contributed by atoms with van der Waals surface area (Å²) in [6.07, 6.45) is 3.54. The third-order valence-corrected chi connectivity index (χ3v) is 6.76. The molecule has 0 fully saturated rings. The largest absolute Gasteiger partial charge is 0.486 e. The van der Waals surface area contributed by atoms with E-state index in [0.29, 0.717) is 11.4 Å². The molecule has 6 nitrogen and oxygen atoms in total. The van der Waals surface area contributed by atoms with Gasteiger partial charge in [0.15, 0.2) is 5.65 Å². The summed E-state index contributed by atoms with van der Waals surface area (Å²) in [6.45, 7) is 1.96. The van der Waals surface area contributed by atoms with E-state index in [1.54, 1.807) is 12.4 Å². The molecule has 5 aromatic heterocycles. The van der Waals surface area contributed by atoms with Crippen LogP contribution in [-0.4, -0.2) is 24.5 Å². The van der Waals surface area contributed by atoms with E-state index in [9.17, 15) is 0 Å². The molecule has 0 bridgehead atoms. The number of aryl methyl sites for hydroxylation is 1. The summed E-state index contributed by atoms with van der Waals surface area (Å²) in [5.74, 6) is 0.742. The monoisotopic (exact) mass is 722 g/mol. The van der Waals surface area contributed by atoms with Crippen LogP contribution in [0, 0.1) is 19.1 Å². The standard InChI is InChI=1S/C24H15N4O.C11H8N.Ir/c1-15-12-13-18-17-9-5-10-19(21(17)29-24(18)26-15)23-27-22-20(11-6-14-25-22)28(23)16-7-3-2-4-8-16;1-2-6-10(7-3-1)11-8-4-5-9-12-11;/h2-9,11-14H,1H3;1-6,8-9H;/q2*-1;. The fraction of sp³-hybridized carbons (Fsp3) is 0.0286. The van der Waals surface area contributed by atoms with Gasteiger partial charge in [0, 0.05) is 49.3 Å². The van der Waals surface area contributed by atoms with Gasteiger partial charge < -0.3 is 14.0 Å². The Bertz CT molecular complexity index is 2070. The SMILES string of the molecule is Cc1ccc2c(n1)oc1c(-c3nc4ncccc4n3-c3ccccc3)[c-]ccc12.[Ir].[c-]1ccccc1-c1ccccn1. The van der Waals surface area contributed by atoms with Crippen molar-refractivity contribution in [3.63, 3.8) is 0 Å². The fourth-order valence-electron chi connectivity index (χ4n) is 4.88. The summed E-state index contributed by atoms with van der Waals surface area (Å²) >= 11 is 0. The van der Waals surface area contributed by atoms with E-state index in [4.69, 9.17) is 9.40 Å². The Morgan fingerprint density at radius 3 is 2.33 bits per heavy atom. The van der Waals surface area contributed by atoms with Crippen molar-refractivity contribution in [2.75, 3.05) is 0 Å². The zero-order valence-electron chi connectivity index (χ0n) is 22.5. The molecule has 7 heteroatoms. The minimum absolute atomic E-state index is 0. The number of fused-ring (bicyclic) bond motifs is 4. The predicted molar refractivity (Wildman–Crippen MR) is 161 cm³/mol. The molecule has 42 heavy (non-hydrogen) atoms. The molecule has 205 valence electrons. The maximum absolute atomic E-state index is 6.19. The maximum Gasteiger partial charge on any atom is 0.216 e. The molecule has 0 saturated carbocycles. The van der Waals surface area contributed by atoms with Crippen molar-refractivity contribution in [1.29, 1.82) is 0 Å². The number of furan rings is 1. The van der Waals surface area contributed by atoms with E-state index in [-0.39, 0.29) is 20.1 Å². The molecule has 0 saturated heterocycles. The molecule has 0 aliphatic heterocycles. The Morgan fingerprint density at radius 1 is 0.690 bits per heavy atom. The number of benzene rings is 3. The fourth-order valence-corrected chi connectivity index (χ4v) is 4.88. The molecule has 0 N–H and O–H groups in total. The summed E-state index contributed by atoms with van der Waals surface area (Å²) in [5.41, 5.74) is 7.70. The van der Waals surface area contributed by atoms with Gasteiger partial charge in [-0.05, 0) is 55.1 Å². The van der Waals surface area contributed by atoms with Gasteiger partial charge in [0.1, 0.15) is 0 Å². The van der Waals surface area contributed by atoms with Crippen LogP contribution in [0.3, 0.4) is 0 Å². The number of pyridine rings is 3. The average molecular weight is 722 g/mol. The van der Waals surface area contributed by atoms with Gasteiger partial charge in [-0.1, -0.05) is 41.3 Å². The van der Waals surface area contributed by atoms with Crippen molar-refractivity contribution in [2.45, 2.75) is 6.92 Å². The summed E-state index contributed by atoms with van der Waals surface area (Å²) in [6, 6.07) is 42.2. The van der Waals surface area contributed by atoms with Gasteiger partial charge in [0.25, 0.3) is 0 Å². The third-order valence-electron chi connectivity index (χ3n) is 6.76. The van der Waals surface area contributed by atoms with Crippen LogP contribution in [-0.2, 0) is 20.1 Å². The number of hydrogen-bond donors (Lipinski definition) is 0. The van der Waals surface area contributed by atoms with Crippen molar-refractivity contribution in [3.8, 4) is 28.3 Å². The third kappa shape index (κ3) is 5.12. The van der Waals surface area contributed by atoms with Gasteiger partial charge in [-0.2, -0.15) is 0 Å². The van der Waals surface area contributed by atoms with Crippen molar-refractivity contribution in [3.05, 3.63) is 139 Å². The van der Waals surface area contributed by atoms with Gasteiger partial charge in [-0.25, -0.2) is 9.97 Å². The second-order valence-corrected chi connectivity index (χ2v) is 9.45. The second kappa shape index (κ2) is 11.9. The first-order valence-electron chi connectivity index (χ1n) is 13.2. The Morgan fingerprint density at radius 2 is 1.52 bits per heavy atom. The molecule has 0 unspecified atom stereocenters. The first kappa shape index (κ1) is 27.2. The van der Waals surface area contributed by atoms with E-state index in [2.05, 4.69) is 49.9 Å². The maximum atomic E-state index is 6.19. The zero-order chi connectivity index (χ0) is 27.6. The Kier molecular flexibility index (Phi) is 7.69. The molecule has 0 spiro atoms. The van der Waals surface area contributed by atoms with Crippen LogP contribution >= 0.6 is 0 Å². The first-order valence-corrected chi connectivity index (χ1v) is 13.2. The number of nitrogens with zero attached hydrogens (tertiary/aromatic N) is 5. The molecule has 0 atom stereocenters. The van der Waals surface area contributed by atoms with Crippen LogP contribution in [0.4, 0.5) is 0 Å². The van der Waals surface area contributed by atoms with Crippen LogP contribution < -0.4 is 0 Å². The molecule has 3 aromatic carbocycles. The minimum Gasteiger partial charge on any atom is -0.486 e. The zero-order valence-corrected chi connectivity index (χ0v) is 24.9. The van der Waals surface area contributed by atoms with E-state index in [0.717, 1.165) is 55.9 Å². The van der Waals surface area contributed by atoms with E-state index < -0.39 is 0 Å². The van der Waals surface area contributed by atoms with Crippen LogP contribution in [0.25, 0.3) is 61.6 Å². The minimum atomic E-state index is 0. The van der Waals surface area contributed by atoms with Crippen LogP contribution in [0.5, 0.6) is 0 Å². The van der Waals surface area contributed by atoms with Crippen LogP contribution in [0.2, 0.25) is 0 Å². The summed E-state index contributed by atoms with van der Waals surface area (Å²) in [7, 11) is 0. The Balaban J connectivity index is 0.000000205. The molecule has 5 heterocycles. The van der Waals surface area contributed by atoms with Crippen molar-refractivity contribution < 1.29 is 24.5 Å². The molecule has 8 rings (SSSR count). The number of imidazole rings is 1. The van der Waals surface area contributed by atoms with E-state index >= 15 is 0 Å². The van der Waals surface area contributed by atoms with Crippen molar-refractivity contribution in [2.24, 2.45) is 0 Å². The molecule has 1 radical (unpaired) electrons. The number of aromatic nitrogens is 5. The van der Waals surface area contributed by atoms with Crippen LogP contribution in [0.1, 0.15) is 5.69 Å². The Labute approximate surface area is 256 Å². The summed E-state index contributed by atoms with van der Waals surface area (Å²) in [4.78, 5) is 18.1. The smallest absolute Gasteiger partial charge is 0.216 e. The quantitative estimate of drug-likeness (QED) is 0.173. The van der Waals surface area contributed by atoms with Crippen molar-refractivity contribution >= 4 is 33.2 Å². The predicted octanol–water partition coefficient (Wildman–Crippen LogP) is 8.04. The van der Waals surface area contributed by atoms with Gasteiger partial charge in [-0.15, -0.1) is 54.1 Å². The first-order chi connectivity index (χ1) is 20.3. The Hall–Kier alpha value is -4.97.